The van der Waals surface area contributed by atoms with Crippen molar-refractivity contribution in [1.29, 1.82) is 0 Å². The predicted molar refractivity (Wildman–Crippen MR) is 91.7 cm³/mol. The Labute approximate surface area is 141 Å². The Morgan fingerprint density at radius 2 is 1.74 bits per heavy atom. The van der Waals surface area contributed by atoms with E-state index >= 15 is 0 Å². The molecular formula is C18H19NO3S. The maximum absolute atomic E-state index is 12.3. The van der Waals surface area contributed by atoms with E-state index in [2.05, 4.69) is 17.9 Å². The van der Waals surface area contributed by atoms with Gasteiger partial charge in [-0.1, -0.05) is 30.3 Å². The second-order valence-electron chi connectivity index (χ2n) is 5.01. The van der Waals surface area contributed by atoms with Crippen LogP contribution in [0.3, 0.4) is 0 Å². The lowest BCUT2D eigenvalue weighted by Gasteiger charge is -2.17. The van der Waals surface area contributed by atoms with E-state index in [1.807, 2.05) is 30.3 Å². The number of nitrogens with one attached hydrogen (secondary N) is 1. The van der Waals surface area contributed by atoms with Gasteiger partial charge in [0, 0.05) is 16.9 Å². The lowest BCUT2D eigenvalue weighted by molar-refractivity contribution is -0.145. The summed E-state index contributed by atoms with van der Waals surface area (Å²) in [6.45, 7) is 2.01. The summed E-state index contributed by atoms with van der Waals surface area (Å²) in [5.41, 5.74) is 1.43. The molecule has 1 N–H and O–H groups in total. The third-order valence-electron chi connectivity index (χ3n) is 3.29. The Balaban J connectivity index is 2.11. The van der Waals surface area contributed by atoms with E-state index in [-0.39, 0.29) is 12.5 Å². The molecule has 0 spiro atoms. The van der Waals surface area contributed by atoms with Crippen LogP contribution in [0.5, 0.6) is 0 Å². The average molecular weight is 329 g/mol. The molecular weight excluding hydrogens is 310 g/mol. The van der Waals surface area contributed by atoms with Crippen LogP contribution in [0.4, 0.5) is 0 Å². The highest BCUT2D eigenvalue weighted by Crippen LogP contribution is 2.09. The molecule has 0 aromatic heterocycles. The molecule has 0 unspecified atom stereocenters. The summed E-state index contributed by atoms with van der Waals surface area (Å²) in [6.07, 6.45) is 0.385. The highest BCUT2D eigenvalue weighted by molar-refractivity contribution is 7.80. The van der Waals surface area contributed by atoms with E-state index in [9.17, 15) is 9.59 Å². The summed E-state index contributed by atoms with van der Waals surface area (Å²) in [5.74, 6) is -0.747. The summed E-state index contributed by atoms with van der Waals surface area (Å²) < 4.78 is 5.07. The number of hydrogen-bond acceptors (Lipinski definition) is 4. The van der Waals surface area contributed by atoms with Crippen LogP contribution in [0.2, 0.25) is 0 Å². The monoisotopic (exact) mass is 329 g/mol. The van der Waals surface area contributed by atoms with Gasteiger partial charge in [-0.05, 0) is 36.8 Å². The molecule has 0 heterocycles. The minimum Gasteiger partial charge on any atom is -0.464 e. The number of hydrogen-bond donors (Lipinski definition) is 2. The van der Waals surface area contributed by atoms with Gasteiger partial charge in [-0.25, -0.2) is 4.79 Å². The number of esters is 1. The van der Waals surface area contributed by atoms with Gasteiger partial charge < -0.3 is 10.1 Å². The highest BCUT2D eigenvalue weighted by Gasteiger charge is 2.23. The molecule has 5 heteroatoms. The number of ether oxygens (including phenoxy) is 1. The van der Waals surface area contributed by atoms with Gasteiger partial charge in [-0.15, -0.1) is 12.6 Å². The molecule has 0 aliphatic heterocycles. The lowest BCUT2D eigenvalue weighted by Crippen LogP contribution is -2.43. The molecule has 1 amide bonds. The van der Waals surface area contributed by atoms with Crippen molar-refractivity contribution < 1.29 is 14.3 Å². The summed E-state index contributed by atoms with van der Waals surface area (Å²) >= 11 is 4.19. The topological polar surface area (TPSA) is 55.4 Å². The van der Waals surface area contributed by atoms with Crippen molar-refractivity contribution in [1.82, 2.24) is 5.32 Å². The fourth-order valence-corrected chi connectivity index (χ4v) is 2.29. The van der Waals surface area contributed by atoms with E-state index in [1.54, 1.807) is 31.2 Å². The van der Waals surface area contributed by atoms with Crippen molar-refractivity contribution in [2.75, 3.05) is 6.61 Å². The average Bonchev–Trinajstić information content (AvgIpc) is 2.56. The molecule has 2 aromatic carbocycles. The molecule has 23 heavy (non-hydrogen) atoms. The Bertz CT molecular complexity index is 656. The van der Waals surface area contributed by atoms with Crippen molar-refractivity contribution in [3.63, 3.8) is 0 Å². The van der Waals surface area contributed by atoms with Crippen LogP contribution in [0.1, 0.15) is 22.8 Å². The Kier molecular flexibility index (Phi) is 6.23. The highest BCUT2D eigenvalue weighted by atomic mass is 32.1. The predicted octanol–water partition coefficient (Wildman–Crippen LogP) is 2.88. The van der Waals surface area contributed by atoms with E-state index in [4.69, 9.17) is 4.74 Å². The van der Waals surface area contributed by atoms with Crippen molar-refractivity contribution in [2.24, 2.45) is 0 Å². The first-order valence-electron chi connectivity index (χ1n) is 7.40. The molecule has 0 saturated heterocycles. The summed E-state index contributed by atoms with van der Waals surface area (Å²) in [6, 6.07) is 15.6. The van der Waals surface area contributed by atoms with Gasteiger partial charge in [0.15, 0.2) is 0 Å². The van der Waals surface area contributed by atoms with Crippen LogP contribution < -0.4 is 5.32 Å². The van der Waals surface area contributed by atoms with E-state index in [0.29, 0.717) is 12.0 Å². The zero-order valence-electron chi connectivity index (χ0n) is 12.9. The van der Waals surface area contributed by atoms with Crippen molar-refractivity contribution >= 4 is 24.5 Å². The number of carbonyl (C=O) groups is 2. The Morgan fingerprint density at radius 1 is 1.09 bits per heavy atom. The van der Waals surface area contributed by atoms with Gasteiger partial charge in [-0.2, -0.15) is 0 Å². The van der Waals surface area contributed by atoms with Gasteiger partial charge in [-0.3, -0.25) is 4.79 Å². The fourth-order valence-electron chi connectivity index (χ4n) is 2.14. The van der Waals surface area contributed by atoms with E-state index in [1.165, 1.54) is 0 Å². The standard InChI is InChI=1S/C18H19NO3S/c1-2-22-18(21)16(12-13-6-4-3-5-7-13)19-17(20)14-8-10-15(23)11-9-14/h3-11,16,23H,2,12H2,1H3,(H,19,20)/t16-/m0/s1. The smallest absolute Gasteiger partial charge is 0.328 e. The second-order valence-corrected chi connectivity index (χ2v) is 5.53. The van der Waals surface area contributed by atoms with Gasteiger partial charge >= 0.3 is 5.97 Å². The zero-order valence-corrected chi connectivity index (χ0v) is 13.8. The largest absolute Gasteiger partial charge is 0.464 e. The number of carbonyl (C=O) groups excluding carboxylic acids is 2. The minimum atomic E-state index is -0.722. The van der Waals surface area contributed by atoms with E-state index in [0.717, 1.165) is 10.5 Å². The minimum absolute atomic E-state index is 0.272. The number of rotatable bonds is 6. The van der Waals surface area contributed by atoms with Gasteiger partial charge in [0.1, 0.15) is 6.04 Å². The molecule has 0 fully saturated rings. The lowest BCUT2D eigenvalue weighted by atomic mass is 10.1. The van der Waals surface area contributed by atoms with Crippen molar-refractivity contribution in [3.8, 4) is 0 Å². The first kappa shape index (κ1) is 17.1. The summed E-state index contributed by atoms with van der Waals surface area (Å²) in [7, 11) is 0. The molecule has 2 aromatic rings. The first-order valence-corrected chi connectivity index (χ1v) is 7.85. The Morgan fingerprint density at radius 3 is 2.35 bits per heavy atom. The molecule has 1 atom stereocenters. The fraction of sp³-hybridized carbons (Fsp3) is 0.222. The van der Waals surface area contributed by atoms with Gasteiger partial charge in [0.2, 0.25) is 0 Å². The number of thiol groups is 1. The van der Waals surface area contributed by atoms with Gasteiger partial charge in [0.25, 0.3) is 5.91 Å². The van der Waals surface area contributed by atoms with Crippen LogP contribution in [0.25, 0.3) is 0 Å². The number of amides is 1. The SMILES string of the molecule is CCOC(=O)[C@H](Cc1ccccc1)NC(=O)c1ccc(S)cc1. The Hall–Kier alpha value is -2.27. The second kappa shape index (κ2) is 8.39. The molecule has 0 saturated carbocycles. The van der Waals surface area contributed by atoms with E-state index < -0.39 is 12.0 Å². The summed E-state index contributed by atoms with van der Waals surface area (Å²) in [4.78, 5) is 25.2. The van der Waals surface area contributed by atoms with Crippen molar-refractivity contribution in [3.05, 3.63) is 65.7 Å². The molecule has 120 valence electrons. The molecule has 0 bridgehead atoms. The van der Waals surface area contributed by atoms with Crippen LogP contribution in [-0.4, -0.2) is 24.5 Å². The molecule has 0 aliphatic rings. The van der Waals surface area contributed by atoms with Crippen LogP contribution in [0, 0.1) is 0 Å². The quantitative estimate of drug-likeness (QED) is 0.633. The maximum atomic E-state index is 12.3. The molecule has 4 nitrogen and oxygen atoms in total. The third kappa shape index (κ3) is 5.14. The normalized spacial score (nSPS) is 11.6. The van der Waals surface area contributed by atoms with Crippen molar-refractivity contribution in [2.45, 2.75) is 24.3 Å². The van der Waals surface area contributed by atoms with Crippen LogP contribution in [-0.2, 0) is 16.0 Å². The first-order chi connectivity index (χ1) is 11.1. The molecule has 2 rings (SSSR count). The summed E-state index contributed by atoms with van der Waals surface area (Å²) in [5, 5.41) is 2.75. The maximum Gasteiger partial charge on any atom is 0.328 e. The number of benzene rings is 2. The third-order valence-corrected chi connectivity index (χ3v) is 3.59. The molecule has 0 aliphatic carbocycles. The van der Waals surface area contributed by atoms with Crippen LogP contribution >= 0.6 is 12.6 Å². The van der Waals surface area contributed by atoms with Gasteiger partial charge in [0.05, 0.1) is 6.61 Å². The molecule has 0 radical (unpaired) electrons. The van der Waals surface area contributed by atoms with Crippen LogP contribution in [0.15, 0.2) is 59.5 Å². The zero-order chi connectivity index (χ0) is 16.7.